The maximum atomic E-state index is 7.45. The fraction of sp³-hybridized carbons (Fsp3) is 0.455. The molecule has 0 aliphatic carbocycles. The number of pyridine rings is 1. The van der Waals surface area contributed by atoms with Gasteiger partial charge in [-0.3, -0.25) is 5.41 Å². The van der Waals surface area contributed by atoms with Crippen molar-refractivity contribution < 1.29 is 0 Å². The van der Waals surface area contributed by atoms with Gasteiger partial charge in [0.05, 0.1) is 10.9 Å². The van der Waals surface area contributed by atoms with E-state index in [1.165, 1.54) is 0 Å². The van der Waals surface area contributed by atoms with Gasteiger partial charge in [-0.25, -0.2) is 4.98 Å². The Bertz CT molecular complexity index is 379. The lowest BCUT2D eigenvalue weighted by molar-refractivity contribution is 0.500. The van der Waals surface area contributed by atoms with Gasteiger partial charge < -0.3 is 5.73 Å². The number of nitrogens with zero attached hydrogens (tertiary/aromatic N) is 1. The van der Waals surface area contributed by atoms with Crippen LogP contribution in [0, 0.1) is 10.8 Å². The van der Waals surface area contributed by atoms with Gasteiger partial charge in [0.15, 0.2) is 0 Å². The standard InChI is InChI=1S/C11H16ClN3S/c1-11(2,10(13)14)5-7-16-9-8(12)4-3-6-15-9/h3-4,6H,5,7H2,1-2H3,(H3,13,14). The van der Waals surface area contributed by atoms with Crippen LogP contribution in [0.25, 0.3) is 0 Å². The maximum Gasteiger partial charge on any atom is 0.115 e. The highest BCUT2D eigenvalue weighted by atomic mass is 35.5. The number of halogens is 1. The molecule has 0 saturated carbocycles. The minimum absolute atomic E-state index is 0.222. The summed E-state index contributed by atoms with van der Waals surface area (Å²) < 4.78 is 0. The van der Waals surface area contributed by atoms with Crippen LogP contribution in [0.5, 0.6) is 0 Å². The second kappa shape index (κ2) is 5.55. The summed E-state index contributed by atoms with van der Waals surface area (Å²) in [5.74, 6) is 1.07. The van der Waals surface area contributed by atoms with E-state index in [4.69, 9.17) is 22.7 Å². The molecular weight excluding hydrogens is 242 g/mol. The Balaban J connectivity index is 2.48. The predicted molar refractivity (Wildman–Crippen MR) is 70.3 cm³/mol. The van der Waals surface area contributed by atoms with Crippen molar-refractivity contribution in [3.05, 3.63) is 23.4 Å². The van der Waals surface area contributed by atoms with Gasteiger partial charge in [0, 0.05) is 17.4 Å². The molecule has 16 heavy (non-hydrogen) atoms. The normalized spacial score (nSPS) is 11.4. The van der Waals surface area contributed by atoms with E-state index < -0.39 is 0 Å². The van der Waals surface area contributed by atoms with E-state index in [2.05, 4.69) is 4.98 Å². The summed E-state index contributed by atoms with van der Waals surface area (Å²) in [6, 6.07) is 3.64. The monoisotopic (exact) mass is 257 g/mol. The summed E-state index contributed by atoms with van der Waals surface area (Å²) in [5, 5.41) is 8.96. The molecule has 0 amide bonds. The zero-order valence-electron chi connectivity index (χ0n) is 9.46. The van der Waals surface area contributed by atoms with Crippen molar-refractivity contribution >= 4 is 29.2 Å². The first kappa shape index (κ1) is 13.3. The van der Waals surface area contributed by atoms with Crippen molar-refractivity contribution in [3.8, 4) is 0 Å². The van der Waals surface area contributed by atoms with E-state index in [9.17, 15) is 0 Å². The van der Waals surface area contributed by atoms with Crippen molar-refractivity contribution in [2.75, 3.05) is 5.75 Å². The first-order valence-electron chi connectivity index (χ1n) is 5.01. The van der Waals surface area contributed by atoms with E-state index >= 15 is 0 Å². The van der Waals surface area contributed by atoms with Gasteiger partial charge in [0.1, 0.15) is 5.03 Å². The van der Waals surface area contributed by atoms with Gasteiger partial charge >= 0.3 is 0 Å². The van der Waals surface area contributed by atoms with Gasteiger partial charge in [-0.05, 0) is 18.6 Å². The predicted octanol–water partition coefficient (Wildman–Crippen LogP) is 3.18. The summed E-state index contributed by atoms with van der Waals surface area (Å²) in [5.41, 5.74) is 5.26. The highest BCUT2D eigenvalue weighted by Gasteiger charge is 2.21. The van der Waals surface area contributed by atoms with Crippen LogP contribution in [-0.4, -0.2) is 16.6 Å². The number of thioether (sulfide) groups is 1. The van der Waals surface area contributed by atoms with Crippen LogP contribution in [-0.2, 0) is 0 Å². The molecule has 0 saturated heterocycles. The summed E-state index contributed by atoms with van der Waals surface area (Å²) in [4.78, 5) is 4.19. The lowest BCUT2D eigenvalue weighted by Gasteiger charge is -2.22. The Morgan fingerprint density at radius 2 is 2.31 bits per heavy atom. The molecule has 0 aliphatic rings. The average molecular weight is 258 g/mol. The van der Waals surface area contributed by atoms with E-state index in [-0.39, 0.29) is 11.3 Å². The van der Waals surface area contributed by atoms with Crippen LogP contribution in [0.15, 0.2) is 23.4 Å². The second-order valence-corrected chi connectivity index (χ2v) is 5.68. The van der Waals surface area contributed by atoms with Crippen LogP contribution in [0.2, 0.25) is 5.02 Å². The average Bonchev–Trinajstić information content (AvgIpc) is 2.20. The van der Waals surface area contributed by atoms with Crippen LogP contribution < -0.4 is 5.73 Å². The number of rotatable bonds is 5. The molecular formula is C11H16ClN3S. The molecule has 1 rings (SSSR count). The smallest absolute Gasteiger partial charge is 0.115 e. The zero-order chi connectivity index (χ0) is 12.2. The van der Waals surface area contributed by atoms with Crippen LogP contribution >= 0.6 is 23.4 Å². The summed E-state index contributed by atoms with van der Waals surface area (Å²) in [7, 11) is 0. The minimum atomic E-state index is -0.256. The molecule has 3 nitrogen and oxygen atoms in total. The summed E-state index contributed by atoms with van der Waals surface area (Å²) >= 11 is 7.58. The summed E-state index contributed by atoms with van der Waals surface area (Å²) in [6.07, 6.45) is 2.56. The second-order valence-electron chi connectivity index (χ2n) is 4.19. The van der Waals surface area contributed by atoms with Crippen LogP contribution in [0.4, 0.5) is 0 Å². The third-order valence-electron chi connectivity index (χ3n) is 2.42. The molecule has 0 bridgehead atoms. The molecule has 1 aromatic rings. The highest BCUT2D eigenvalue weighted by molar-refractivity contribution is 7.99. The lowest BCUT2D eigenvalue weighted by Crippen LogP contribution is -2.31. The van der Waals surface area contributed by atoms with Crippen LogP contribution in [0.3, 0.4) is 0 Å². The Hall–Kier alpha value is -0.740. The Morgan fingerprint density at radius 1 is 1.62 bits per heavy atom. The van der Waals surface area contributed by atoms with Gasteiger partial charge in [0.25, 0.3) is 0 Å². The largest absolute Gasteiger partial charge is 0.387 e. The first-order valence-corrected chi connectivity index (χ1v) is 6.37. The molecule has 5 heteroatoms. The third kappa shape index (κ3) is 3.68. The van der Waals surface area contributed by atoms with Gasteiger partial charge in [0.2, 0.25) is 0 Å². The van der Waals surface area contributed by atoms with Gasteiger partial charge in [-0.15, -0.1) is 11.8 Å². The molecule has 0 radical (unpaired) electrons. The SMILES string of the molecule is CC(C)(CCSc1ncccc1Cl)C(=N)N. The molecule has 0 aliphatic heterocycles. The molecule has 3 N–H and O–H groups in total. The molecule has 0 aromatic carbocycles. The van der Waals surface area contributed by atoms with Crippen molar-refractivity contribution in [3.63, 3.8) is 0 Å². The van der Waals surface area contributed by atoms with Crippen LogP contribution in [0.1, 0.15) is 20.3 Å². The fourth-order valence-corrected chi connectivity index (χ4v) is 2.45. The van der Waals surface area contributed by atoms with Crippen molar-refractivity contribution in [1.82, 2.24) is 4.98 Å². The number of aromatic nitrogens is 1. The molecule has 0 fully saturated rings. The fourth-order valence-electron chi connectivity index (χ4n) is 1.01. The van der Waals surface area contributed by atoms with E-state index in [0.717, 1.165) is 17.2 Å². The zero-order valence-corrected chi connectivity index (χ0v) is 11.0. The highest BCUT2D eigenvalue weighted by Crippen LogP contribution is 2.28. The Morgan fingerprint density at radius 3 is 2.88 bits per heavy atom. The third-order valence-corrected chi connectivity index (χ3v) is 3.84. The van der Waals surface area contributed by atoms with Crippen molar-refractivity contribution in [1.29, 1.82) is 5.41 Å². The quantitative estimate of drug-likeness (QED) is 0.484. The molecule has 0 spiro atoms. The number of nitrogens with one attached hydrogen (secondary N) is 1. The maximum absolute atomic E-state index is 7.45. The van der Waals surface area contributed by atoms with Crippen molar-refractivity contribution in [2.24, 2.45) is 11.1 Å². The Labute approximate surface area is 105 Å². The lowest BCUT2D eigenvalue weighted by atomic mass is 9.89. The molecule has 1 aromatic heterocycles. The Kier molecular flexibility index (Phi) is 4.62. The number of nitrogens with two attached hydrogens (primary N) is 1. The first-order chi connectivity index (χ1) is 7.43. The van der Waals surface area contributed by atoms with Crippen molar-refractivity contribution in [2.45, 2.75) is 25.3 Å². The van der Waals surface area contributed by atoms with E-state index in [1.54, 1.807) is 18.0 Å². The summed E-state index contributed by atoms with van der Waals surface area (Å²) in [6.45, 7) is 3.94. The van der Waals surface area contributed by atoms with Gasteiger partial charge in [-0.2, -0.15) is 0 Å². The number of amidine groups is 1. The topological polar surface area (TPSA) is 62.8 Å². The number of hydrogen-bond donors (Lipinski definition) is 2. The van der Waals surface area contributed by atoms with E-state index in [1.807, 2.05) is 26.0 Å². The number of hydrogen-bond acceptors (Lipinski definition) is 3. The molecule has 0 atom stereocenters. The van der Waals surface area contributed by atoms with Gasteiger partial charge in [-0.1, -0.05) is 25.4 Å². The molecule has 88 valence electrons. The molecule has 1 heterocycles. The molecule has 0 unspecified atom stereocenters. The van der Waals surface area contributed by atoms with E-state index in [0.29, 0.717) is 5.02 Å². The minimum Gasteiger partial charge on any atom is -0.387 e.